The Morgan fingerprint density at radius 2 is 1.85 bits per heavy atom. The van der Waals surface area contributed by atoms with Crippen molar-refractivity contribution < 1.29 is 18.3 Å². The van der Waals surface area contributed by atoms with E-state index in [0.717, 1.165) is 10.9 Å². The second-order valence-corrected chi connectivity index (χ2v) is 7.41. The average Bonchev–Trinajstić information content (AvgIpc) is 3.25. The van der Waals surface area contributed by atoms with Crippen LogP contribution >= 0.6 is 0 Å². The van der Waals surface area contributed by atoms with Gasteiger partial charge in [-0.25, -0.2) is 13.8 Å². The van der Waals surface area contributed by atoms with E-state index in [0.29, 0.717) is 22.6 Å². The number of carbonyl (C=O) groups excluding carboxylic acids is 1. The van der Waals surface area contributed by atoms with E-state index in [9.17, 15) is 13.6 Å². The first-order valence-electron chi connectivity index (χ1n) is 10.2. The summed E-state index contributed by atoms with van der Waals surface area (Å²) < 4.78 is 36.8. The first-order valence-corrected chi connectivity index (χ1v) is 10.2. The zero-order valence-electron chi connectivity index (χ0n) is 17.5. The van der Waals surface area contributed by atoms with Crippen LogP contribution in [0.25, 0.3) is 27.7 Å². The Bertz CT molecular complexity index is 1510. The monoisotopic (exact) mass is 444 g/mol. The van der Waals surface area contributed by atoms with Gasteiger partial charge in [0.25, 0.3) is 5.91 Å². The number of carbonyl (C=O) groups is 1. The van der Waals surface area contributed by atoms with Crippen LogP contribution in [0.2, 0.25) is 0 Å². The van der Waals surface area contributed by atoms with Crippen LogP contribution in [0.4, 0.5) is 8.78 Å². The van der Waals surface area contributed by atoms with Gasteiger partial charge in [-0.1, -0.05) is 18.2 Å². The lowest BCUT2D eigenvalue weighted by Crippen LogP contribution is -2.19. The Balaban J connectivity index is 1.49. The third-order valence-electron chi connectivity index (χ3n) is 5.40. The van der Waals surface area contributed by atoms with E-state index in [-0.39, 0.29) is 17.8 Å². The molecule has 3 heterocycles. The quantitative estimate of drug-likeness (QED) is 0.424. The topological polar surface area (TPSA) is 68.5 Å². The number of pyridine rings is 2. The molecule has 0 spiro atoms. The van der Waals surface area contributed by atoms with Crippen LogP contribution in [0.1, 0.15) is 16.1 Å². The molecule has 164 valence electrons. The first-order chi connectivity index (χ1) is 16.0. The highest BCUT2D eigenvalue weighted by Gasteiger charge is 2.15. The molecule has 8 heteroatoms. The second kappa shape index (κ2) is 8.31. The molecule has 0 aliphatic heterocycles. The molecule has 0 saturated heterocycles. The molecule has 0 fully saturated rings. The molecule has 0 aliphatic carbocycles. The number of halogens is 2. The van der Waals surface area contributed by atoms with Gasteiger partial charge in [-0.15, -0.1) is 0 Å². The Kier molecular flexibility index (Phi) is 5.18. The number of nitrogens with zero attached hydrogens (tertiary/aromatic N) is 3. The Morgan fingerprint density at radius 3 is 2.67 bits per heavy atom. The van der Waals surface area contributed by atoms with Gasteiger partial charge in [-0.05, 0) is 42.0 Å². The Labute approximate surface area is 187 Å². The summed E-state index contributed by atoms with van der Waals surface area (Å²) in [5.74, 6) is -1.12. The smallest absolute Gasteiger partial charge is 0.253 e. The summed E-state index contributed by atoms with van der Waals surface area (Å²) in [6.07, 6.45) is 4.88. The maximum atomic E-state index is 14.8. The molecule has 0 aliphatic rings. The fraction of sp³-hybridized carbons (Fsp3) is 0.0800. The predicted octanol–water partition coefficient (Wildman–Crippen LogP) is 4.77. The summed E-state index contributed by atoms with van der Waals surface area (Å²) >= 11 is 0. The summed E-state index contributed by atoms with van der Waals surface area (Å²) in [6.45, 7) is 0.141. The minimum atomic E-state index is -0.689. The Hall–Kier alpha value is -4.33. The highest BCUT2D eigenvalue weighted by Crippen LogP contribution is 2.27. The lowest BCUT2D eigenvalue weighted by Gasteiger charge is -2.10. The van der Waals surface area contributed by atoms with E-state index in [1.54, 1.807) is 35.1 Å². The number of aromatic nitrogens is 3. The lowest BCUT2D eigenvalue weighted by molar-refractivity contribution is 0.0959. The van der Waals surface area contributed by atoms with Crippen LogP contribution in [-0.2, 0) is 6.61 Å². The fourth-order valence-corrected chi connectivity index (χ4v) is 3.72. The predicted molar refractivity (Wildman–Crippen MR) is 120 cm³/mol. The highest BCUT2D eigenvalue weighted by molar-refractivity contribution is 5.94. The van der Waals surface area contributed by atoms with Gasteiger partial charge in [0.2, 0.25) is 0 Å². The van der Waals surface area contributed by atoms with E-state index in [4.69, 9.17) is 4.74 Å². The number of hydrogen-bond acceptors (Lipinski definition) is 4. The van der Waals surface area contributed by atoms with Crippen LogP contribution in [0.3, 0.4) is 0 Å². The summed E-state index contributed by atoms with van der Waals surface area (Å²) in [7, 11) is 1.43. The maximum absolute atomic E-state index is 14.8. The van der Waals surface area contributed by atoms with Gasteiger partial charge < -0.3 is 10.1 Å². The molecule has 0 atom stereocenters. The number of nitrogens with one attached hydrogen (secondary N) is 1. The fourth-order valence-electron chi connectivity index (χ4n) is 3.72. The molecular weight excluding hydrogens is 426 g/mol. The van der Waals surface area contributed by atoms with Crippen LogP contribution in [0.15, 0.2) is 73.2 Å². The van der Waals surface area contributed by atoms with Crippen molar-refractivity contribution in [2.24, 2.45) is 0 Å². The van der Waals surface area contributed by atoms with Gasteiger partial charge >= 0.3 is 0 Å². The number of rotatable bonds is 5. The Morgan fingerprint density at radius 1 is 1.03 bits per heavy atom. The molecule has 6 nitrogen and oxygen atoms in total. The molecule has 2 aromatic carbocycles. The van der Waals surface area contributed by atoms with Crippen molar-refractivity contribution in [2.75, 3.05) is 7.05 Å². The molecule has 33 heavy (non-hydrogen) atoms. The number of benzene rings is 2. The standard InChI is InChI=1S/C25H18F2N4O2/c1-28-25(32)18-7-6-15(10-20(18)26)16-11-21(27)24-30-12-17(31(24)13-16)14-33-23-8-9-29-22-5-3-2-4-19(22)23/h2-13H,14H2,1H3,(H,28,32). The summed E-state index contributed by atoms with van der Waals surface area (Å²) in [4.78, 5) is 20.2. The summed E-state index contributed by atoms with van der Waals surface area (Å²) in [5, 5.41) is 3.26. The molecule has 3 aromatic heterocycles. The second-order valence-electron chi connectivity index (χ2n) is 7.41. The van der Waals surface area contributed by atoms with Gasteiger partial charge in [0, 0.05) is 30.4 Å². The first kappa shape index (κ1) is 20.6. The van der Waals surface area contributed by atoms with Crippen LogP contribution < -0.4 is 10.1 Å². The van der Waals surface area contributed by atoms with Crippen LogP contribution in [-0.4, -0.2) is 27.3 Å². The van der Waals surface area contributed by atoms with Crippen LogP contribution in [0.5, 0.6) is 5.75 Å². The van der Waals surface area contributed by atoms with Crippen molar-refractivity contribution in [3.63, 3.8) is 0 Å². The van der Waals surface area contributed by atoms with Crippen molar-refractivity contribution in [3.8, 4) is 16.9 Å². The molecule has 0 saturated carbocycles. The van der Waals surface area contributed by atoms with Crippen molar-refractivity contribution in [3.05, 3.63) is 96.1 Å². The van der Waals surface area contributed by atoms with Crippen LogP contribution in [0, 0.1) is 11.6 Å². The average molecular weight is 444 g/mol. The molecule has 0 unspecified atom stereocenters. The zero-order valence-corrected chi connectivity index (χ0v) is 17.5. The molecule has 0 bridgehead atoms. The minimum Gasteiger partial charge on any atom is -0.487 e. The minimum absolute atomic E-state index is 0.0795. The van der Waals surface area contributed by atoms with E-state index in [1.165, 1.54) is 25.2 Å². The van der Waals surface area contributed by atoms with Gasteiger partial charge in [0.05, 0.1) is 23.0 Å². The summed E-state index contributed by atoms with van der Waals surface area (Å²) in [6, 6.07) is 14.8. The number of hydrogen-bond donors (Lipinski definition) is 1. The zero-order chi connectivity index (χ0) is 22.9. The molecular formula is C25H18F2N4O2. The van der Waals surface area contributed by atoms with Gasteiger partial charge in [-0.3, -0.25) is 14.2 Å². The molecule has 5 rings (SSSR count). The van der Waals surface area contributed by atoms with Gasteiger partial charge in [0.15, 0.2) is 11.5 Å². The molecule has 0 radical (unpaired) electrons. The molecule has 5 aromatic rings. The number of para-hydroxylation sites is 1. The molecule has 1 amide bonds. The van der Waals surface area contributed by atoms with E-state index >= 15 is 0 Å². The van der Waals surface area contributed by atoms with Gasteiger partial charge in [0.1, 0.15) is 18.2 Å². The maximum Gasteiger partial charge on any atom is 0.253 e. The number of fused-ring (bicyclic) bond motifs is 2. The van der Waals surface area contributed by atoms with E-state index < -0.39 is 17.5 Å². The lowest BCUT2D eigenvalue weighted by atomic mass is 10.0. The normalized spacial score (nSPS) is 11.1. The summed E-state index contributed by atoms with van der Waals surface area (Å²) in [5.41, 5.74) is 2.36. The van der Waals surface area contributed by atoms with E-state index in [1.807, 2.05) is 24.3 Å². The van der Waals surface area contributed by atoms with Crippen molar-refractivity contribution in [1.82, 2.24) is 19.7 Å². The van der Waals surface area contributed by atoms with E-state index in [2.05, 4.69) is 15.3 Å². The number of imidazole rings is 1. The van der Waals surface area contributed by atoms with Crippen molar-refractivity contribution in [1.29, 1.82) is 0 Å². The van der Waals surface area contributed by atoms with Crippen molar-refractivity contribution >= 4 is 22.5 Å². The SMILES string of the molecule is CNC(=O)c1ccc(-c2cc(F)c3ncc(COc4ccnc5ccccc45)n3c2)cc1F. The number of amides is 1. The third-order valence-corrected chi connectivity index (χ3v) is 5.40. The van der Waals surface area contributed by atoms with Gasteiger partial charge in [-0.2, -0.15) is 0 Å². The van der Waals surface area contributed by atoms with Crippen molar-refractivity contribution in [2.45, 2.75) is 6.61 Å². The largest absolute Gasteiger partial charge is 0.487 e. The third kappa shape index (κ3) is 3.76. The number of ether oxygens (including phenoxy) is 1. The highest BCUT2D eigenvalue weighted by atomic mass is 19.1. The molecule has 1 N–H and O–H groups in total.